The third kappa shape index (κ3) is 3.82. The Hall–Kier alpha value is -1.31. The fourth-order valence-corrected chi connectivity index (χ4v) is 3.33. The fourth-order valence-electron chi connectivity index (χ4n) is 1.95. The van der Waals surface area contributed by atoms with Gasteiger partial charge in [-0.2, -0.15) is 5.26 Å². The number of hydrogen-bond acceptors (Lipinski definition) is 3. The largest absolute Gasteiger partial charge is 0.381 e. The number of rotatable bonds is 4. The van der Waals surface area contributed by atoms with Crippen LogP contribution in [0.2, 0.25) is 0 Å². The van der Waals surface area contributed by atoms with Gasteiger partial charge >= 0.3 is 0 Å². The Labute approximate surface area is 126 Å². The second kappa shape index (κ2) is 6.23. The zero-order chi connectivity index (χ0) is 13.8. The molecule has 1 unspecified atom stereocenters. The molecule has 0 bridgehead atoms. The lowest BCUT2D eigenvalue weighted by Crippen LogP contribution is -2.18. The minimum Gasteiger partial charge on any atom is -0.381 e. The zero-order valence-electron chi connectivity index (χ0n) is 10.9. The maximum atomic E-state index is 9.14. The molecule has 1 heterocycles. The minimum absolute atomic E-state index is 0.298. The van der Waals surface area contributed by atoms with E-state index in [1.54, 1.807) is 0 Å². The summed E-state index contributed by atoms with van der Waals surface area (Å²) in [6.45, 7) is 4.26. The summed E-state index contributed by atoms with van der Waals surface area (Å²) < 4.78 is 0.927. The second-order valence-corrected chi connectivity index (χ2v) is 6.85. The Balaban J connectivity index is 2.07. The first kappa shape index (κ1) is 14.1. The Morgan fingerprint density at radius 3 is 2.79 bits per heavy atom. The monoisotopic (exact) mass is 334 g/mol. The summed E-state index contributed by atoms with van der Waals surface area (Å²) in [4.78, 5) is 2.71. The third-order valence-electron chi connectivity index (χ3n) is 2.81. The highest BCUT2D eigenvalue weighted by molar-refractivity contribution is 9.10. The lowest BCUT2D eigenvalue weighted by Gasteiger charge is -2.15. The van der Waals surface area contributed by atoms with Gasteiger partial charge < -0.3 is 5.32 Å². The van der Waals surface area contributed by atoms with Crippen LogP contribution in [0.4, 0.5) is 5.69 Å². The topological polar surface area (TPSA) is 35.8 Å². The van der Waals surface area contributed by atoms with Crippen LogP contribution in [0.15, 0.2) is 34.8 Å². The molecule has 0 aliphatic carbocycles. The van der Waals surface area contributed by atoms with Crippen molar-refractivity contribution in [2.24, 2.45) is 0 Å². The third-order valence-corrected chi connectivity index (χ3v) is 4.32. The molecule has 0 saturated carbocycles. The van der Waals surface area contributed by atoms with Crippen LogP contribution in [0.25, 0.3) is 0 Å². The van der Waals surface area contributed by atoms with E-state index >= 15 is 0 Å². The molecule has 0 aliphatic rings. The number of nitriles is 1. The molecule has 1 aromatic carbocycles. The van der Waals surface area contributed by atoms with E-state index in [1.165, 1.54) is 9.75 Å². The minimum atomic E-state index is 0.298. The maximum Gasteiger partial charge on any atom is 0.101 e. The van der Waals surface area contributed by atoms with Crippen LogP contribution >= 0.6 is 27.3 Å². The molecular formula is C15H15BrN2S. The van der Waals surface area contributed by atoms with Crippen LogP contribution in [0, 0.1) is 18.3 Å². The average molecular weight is 335 g/mol. The molecule has 0 spiro atoms. The van der Waals surface area contributed by atoms with Gasteiger partial charge in [-0.3, -0.25) is 0 Å². The highest BCUT2D eigenvalue weighted by Gasteiger charge is 2.08. The molecule has 2 nitrogen and oxygen atoms in total. The number of anilines is 1. The van der Waals surface area contributed by atoms with Crippen LogP contribution < -0.4 is 5.32 Å². The summed E-state index contributed by atoms with van der Waals surface area (Å²) >= 11 is 5.21. The molecule has 0 radical (unpaired) electrons. The number of halogens is 1. The summed E-state index contributed by atoms with van der Waals surface area (Å²) in [6.07, 6.45) is 0.972. The fraction of sp³-hybridized carbons (Fsp3) is 0.267. The van der Waals surface area contributed by atoms with Gasteiger partial charge in [0, 0.05) is 26.7 Å². The van der Waals surface area contributed by atoms with Gasteiger partial charge in [-0.25, -0.2) is 0 Å². The lowest BCUT2D eigenvalue weighted by atomic mass is 10.1. The van der Waals surface area contributed by atoms with Gasteiger partial charge in [0.25, 0.3) is 0 Å². The van der Waals surface area contributed by atoms with Gasteiger partial charge in [-0.15, -0.1) is 11.3 Å². The number of hydrogen-bond donors (Lipinski definition) is 1. The predicted octanol–water partition coefficient (Wildman–Crippen LogP) is 4.73. The Bertz CT molecular complexity index is 613. The summed E-state index contributed by atoms with van der Waals surface area (Å²) in [5.41, 5.74) is 1.56. The zero-order valence-corrected chi connectivity index (χ0v) is 13.3. The normalized spacial score (nSPS) is 11.9. The van der Waals surface area contributed by atoms with E-state index in [1.807, 2.05) is 29.5 Å². The molecule has 1 atom stereocenters. The molecule has 4 heteroatoms. The molecule has 0 saturated heterocycles. The van der Waals surface area contributed by atoms with E-state index in [0.717, 1.165) is 16.6 Å². The second-order valence-electron chi connectivity index (χ2n) is 4.56. The van der Waals surface area contributed by atoms with E-state index in [-0.39, 0.29) is 0 Å². The van der Waals surface area contributed by atoms with Crippen molar-refractivity contribution in [2.45, 2.75) is 26.3 Å². The van der Waals surface area contributed by atoms with Crippen molar-refractivity contribution in [2.75, 3.05) is 5.32 Å². The van der Waals surface area contributed by atoms with Gasteiger partial charge in [0.05, 0.1) is 11.3 Å². The van der Waals surface area contributed by atoms with Gasteiger partial charge in [0.15, 0.2) is 0 Å². The standard InChI is InChI=1S/C15H15BrN2S/c1-10(7-14-5-3-11(2)19-14)18-15-6-4-13(16)8-12(15)9-17/h3-6,8,10,18H,7H2,1-2H3. The van der Waals surface area contributed by atoms with Crippen molar-refractivity contribution in [1.82, 2.24) is 0 Å². The van der Waals surface area contributed by atoms with Gasteiger partial charge in [-0.05, 0) is 44.2 Å². The Kier molecular flexibility index (Phi) is 4.62. The van der Waals surface area contributed by atoms with Crippen molar-refractivity contribution < 1.29 is 0 Å². The summed E-state index contributed by atoms with van der Waals surface area (Å²) in [6, 6.07) is 12.6. The number of nitrogens with zero attached hydrogens (tertiary/aromatic N) is 1. The first-order valence-electron chi connectivity index (χ1n) is 6.10. The maximum absolute atomic E-state index is 9.14. The number of aryl methyl sites for hydroxylation is 1. The first-order chi connectivity index (χ1) is 9.08. The summed E-state index contributed by atoms with van der Waals surface area (Å²) in [5.74, 6) is 0. The van der Waals surface area contributed by atoms with Crippen molar-refractivity contribution in [3.63, 3.8) is 0 Å². The van der Waals surface area contributed by atoms with Crippen molar-refractivity contribution in [3.8, 4) is 6.07 Å². The van der Waals surface area contributed by atoms with E-state index < -0.39 is 0 Å². The summed E-state index contributed by atoms with van der Waals surface area (Å²) in [5, 5.41) is 12.5. The highest BCUT2D eigenvalue weighted by atomic mass is 79.9. The van der Waals surface area contributed by atoms with Crippen LogP contribution in [-0.4, -0.2) is 6.04 Å². The Morgan fingerprint density at radius 1 is 1.37 bits per heavy atom. The SMILES string of the molecule is Cc1ccc(CC(C)Nc2ccc(Br)cc2C#N)s1. The average Bonchev–Trinajstić information content (AvgIpc) is 2.76. The van der Waals surface area contributed by atoms with E-state index in [2.05, 4.69) is 53.3 Å². The molecule has 1 N–H and O–H groups in total. The lowest BCUT2D eigenvalue weighted by molar-refractivity contribution is 0.800. The van der Waals surface area contributed by atoms with E-state index in [4.69, 9.17) is 5.26 Å². The van der Waals surface area contributed by atoms with Crippen LogP contribution in [0.3, 0.4) is 0 Å². The first-order valence-corrected chi connectivity index (χ1v) is 7.71. The molecule has 1 aromatic heterocycles. The molecule has 2 aromatic rings. The van der Waals surface area contributed by atoms with Gasteiger partial charge in [0.2, 0.25) is 0 Å². The van der Waals surface area contributed by atoms with E-state index in [9.17, 15) is 0 Å². The van der Waals surface area contributed by atoms with E-state index in [0.29, 0.717) is 11.6 Å². The molecular weight excluding hydrogens is 320 g/mol. The predicted molar refractivity (Wildman–Crippen MR) is 84.7 cm³/mol. The van der Waals surface area contributed by atoms with Crippen molar-refractivity contribution in [1.29, 1.82) is 5.26 Å². The molecule has 2 rings (SSSR count). The summed E-state index contributed by atoms with van der Waals surface area (Å²) in [7, 11) is 0. The smallest absolute Gasteiger partial charge is 0.101 e. The number of nitrogens with one attached hydrogen (secondary N) is 1. The number of benzene rings is 1. The highest BCUT2D eigenvalue weighted by Crippen LogP contribution is 2.23. The molecule has 0 aliphatic heterocycles. The van der Waals surface area contributed by atoms with Crippen LogP contribution in [0.1, 0.15) is 22.2 Å². The molecule has 98 valence electrons. The van der Waals surface area contributed by atoms with Crippen LogP contribution in [-0.2, 0) is 6.42 Å². The number of thiophene rings is 1. The van der Waals surface area contributed by atoms with Crippen molar-refractivity contribution in [3.05, 3.63) is 50.1 Å². The van der Waals surface area contributed by atoms with Crippen LogP contribution in [0.5, 0.6) is 0 Å². The van der Waals surface area contributed by atoms with Gasteiger partial charge in [-0.1, -0.05) is 15.9 Å². The Morgan fingerprint density at radius 2 is 2.16 bits per heavy atom. The molecule has 0 fully saturated rings. The van der Waals surface area contributed by atoms with Gasteiger partial charge in [0.1, 0.15) is 6.07 Å². The van der Waals surface area contributed by atoms with Crippen molar-refractivity contribution >= 4 is 33.0 Å². The molecule has 0 amide bonds. The molecule has 19 heavy (non-hydrogen) atoms. The quantitative estimate of drug-likeness (QED) is 0.876.